The van der Waals surface area contributed by atoms with Crippen molar-refractivity contribution < 1.29 is 14.3 Å². The van der Waals surface area contributed by atoms with E-state index in [0.29, 0.717) is 22.5 Å². The number of rotatable bonds is 6. The third kappa shape index (κ3) is 3.44. The lowest BCUT2D eigenvalue weighted by molar-refractivity contribution is 0.0528. The van der Waals surface area contributed by atoms with Gasteiger partial charge >= 0.3 is 5.97 Å². The predicted octanol–water partition coefficient (Wildman–Crippen LogP) is 5.80. The standard InChI is InChI=1S/C26H21NO3/c1-2-30-26(29)24-23(19-12-6-3-7-13-19)22(18-28)27(21-16-10-5-11-17-21)25(24)20-14-8-4-9-15-20/h3-18H,2H2,1H3. The number of hydrogen-bond donors (Lipinski definition) is 0. The molecular formula is C26H21NO3. The molecule has 3 aromatic carbocycles. The van der Waals surface area contributed by atoms with Crippen molar-refractivity contribution in [2.45, 2.75) is 6.92 Å². The zero-order valence-corrected chi connectivity index (χ0v) is 16.6. The van der Waals surface area contributed by atoms with Crippen LogP contribution in [0.3, 0.4) is 0 Å². The van der Waals surface area contributed by atoms with Gasteiger partial charge in [-0.25, -0.2) is 4.79 Å². The molecule has 4 nitrogen and oxygen atoms in total. The van der Waals surface area contributed by atoms with E-state index >= 15 is 0 Å². The fourth-order valence-electron chi connectivity index (χ4n) is 3.72. The summed E-state index contributed by atoms with van der Waals surface area (Å²) in [5, 5.41) is 0. The SMILES string of the molecule is CCOC(=O)c1c(-c2ccccc2)c(C=O)n(-c2ccccc2)c1-c1ccccc1. The van der Waals surface area contributed by atoms with Crippen molar-refractivity contribution in [1.29, 1.82) is 0 Å². The largest absolute Gasteiger partial charge is 0.462 e. The number of nitrogens with zero attached hydrogens (tertiary/aromatic N) is 1. The highest BCUT2D eigenvalue weighted by molar-refractivity contribution is 6.09. The first-order chi connectivity index (χ1) is 14.8. The van der Waals surface area contributed by atoms with E-state index in [9.17, 15) is 9.59 Å². The normalized spacial score (nSPS) is 10.6. The van der Waals surface area contributed by atoms with Gasteiger partial charge in [0.1, 0.15) is 0 Å². The van der Waals surface area contributed by atoms with E-state index in [4.69, 9.17) is 4.74 Å². The van der Waals surface area contributed by atoms with Crippen LogP contribution in [0.25, 0.3) is 28.1 Å². The van der Waals surface area contributed by atoms with E-state index < -0.39 is 5.97 Å². The predicted molar refractivity (Wildman–Crippen MR) is 118 cm³/mol. The summed E-state index contributed by atoms with van der Waals surface area (Å²) >= 11 is 0. The van der Waals surface area contributed by atoms with Crippen LogP contribution in [0.5, 0.6) is 0 Å². The molecule has 4 aromatic rings. The molecule has 0 saturated carbocycles. The second-order valence-corrected chi connectivity index (χ2v) is 6.73. The van der Waals surface area contributed by atoms with Gasteiger partial charge in [0.2, 0.25) is 0 Å². The molecule has 0 fully saturated rings. The van der Waals surface area contributed by atoms with Crippen LogP contribution < -0.4 is 0 Å². The van der Waals surface area contributed by atoms with E-state index in [1.54, 1.807) is 6.92 Å². The summed E-state index contributed by atoms with van der Waals surface area (Å²) in [5.74, 6) is -0.451. The van der Waals surface area contributed by atoms with Crippen molar-refractivity contribution in [2.24, 2.45) is 0 Å². The lowest BCUT2D eigenvalue weighted by Gasteiger charge is -2.13. The molecule has 0 saturated heterocycles. The van der Waals surface area contributed by atoms with Crippen molar-refractivity contribution in [1.82, 2.24) is 4.57 Å². The van der Waals surface area contributed by atoms with Crippen molar-refractivity contribution in [2.75, 3.05) is 6.61 Å². The summed E-state index contributed by atoms with van der Waals surface area (Å²) in [5.41, 5.74) is 4.43. The Hall–Kier alpha value is -3.92. The minimum atomic E-state index is -0.451. The third-order valence-electron chi connectivity index (χ3n) is 4.92. The first kappa shape index (κ1) is 19.4. The number of aromatic nitrogens is 1. The molecule has 0 amide bonds. The molecule has 0 unspecified atom stereocenters. The number of aldehydes is 1. The Kier molecular flexibility index (Phi) is 5.57. The van der Waals surface area contributed by atoms with Gasteiger partial charge in [-0.2, -0.15) is 0 Å². The van der Waals surface area contributed by atoms with Crippen LogP contribution in [0.1, 0.15) is 27.8 Å². The third-order valence-corrected chi connectivity index (χ3v) is 4.92. The molecule has 0 spiro atoms. The van der Waals surface area contributed by atoms with Gasteiger partial charge in [-0.15, -0.1) is 0 Å². The first-order valence-corrected chi connectivity index (χ1v) is 9.83. The number of esters is 1. The van der Waals surface area contributed by atoms with E-state index in [2.05, 4.69) is 0 Å². The fraction of sp³-hybridized carbons (Fsp3) is 0.0769. The molecule has 1 heterocycles. The van der Waals surface area contributed by atoms with Crippen LogP contribution in [0.2, 0.25) is 0 Å². The van der Waals surface area contributed by atoms with Gasteiger partial charge in [-0.3, -0.25) is 4.79 Å². The maximum absolute atomic E-state index is 13.2. The number of carbonyl (C=O) groups excluding carboxylic acids is 2. The number of ether oxygens (including phenoxy) is 1. The van der Waals surface area contributed by atoms with Crippen LogP contribution in [-0.2, 0) is 4.74 Å². The number of para-hydroxylation sites is 1. The van der Waals surface area contributed by atoms with Crippen LogP contribution in [0.15, 0.2) is 91.0 Å². The van der Waals surface area contributed by atoms with E-state index in [1.807, 2.05) is 95.6 Å². The smallest absolute Gasteiger partial charge is 0.341 e. The summed E-state index contributed by atoms with van der Waals surface area (Å²) < 4.78 is 7.28. The zero-order valence-electron chi connectivity index (χ0n) is 16.6. The highest BCUT2D eigenvalue weighted by Gasteiger charge is 2.30. The molecular weight excluding hydrogens is 374 g/mol. The van der Waals surface area contributed by atoms with Gasteiger partial charge in [0.05, 0.1) is 23.6 Å². The second kappa shape index (κ2) is 8.62. The average molecular weight is 395 g/mol. The van der Waals surface area contributed by atoms with Crippen molar-refractivity contribution >= 4 is 12.3 Å². The second-order valence-electron chi connectivity index (χ2n) is 6.73. The molecule has 1 aromatic heterocycles. The lowest BCUT2D eigenvalue weighted by atomic mass is 9.98. The van der Waals surface area contributed by atoms with Gasteiger partial charge in [-0.1, -0.05) is 78.9 Å². The molecule has 0 N–H and O–H groups in total. The minimum Gasteiger partial charge on any atom is -0.462 e. The Morgan fingerprint density at radius 1 is 0.833 bits per heavy atom. The number of hydrogen-bond acceptors (Lipinski definition) is 3. The molecule has 148 valence electrons. The van der Waals surface area contributed by atoms with Crippen LogP contribution in [0, 0.1) is 0 Å². The molecule has 4 rings (SSSR count). The Morgan fingerprint density at radius 3 is 1.90 bits per heavy atom. The maximum atomic E-state index is 13.2. The van der Waals surface area contributed by atoms with E-state index in [0.717, 1.165) is 23.1 Å². The molecule has 0 aliphatic rings. The van der Waals surface area contributed by atoms with Crippen molar-refractivity contribution in [3.8, 4) is 28.1 Å². The van der Waals surface area contributed by atoms with Crippen LogP contribution >= 0.6 is 0 Å². The molecule has 30 heavy (non-hydrogen) atoms. The molecule has 0 atom stereocenters. The molecule has 0 aliphatic carbocycles. The Bertz CT molecular complexity index is 1160. The van der Waals surface area contributed by atoms with Gasteiger partial charge in [0, 0.05) is 11.3 Å². The van der Waals surface area contributed by atoms with Gasteiger partial charge in [0.25, 0.3) is 0 Å². The molecule has 0 aliphatic heterocycles. The number of carbonyl (C=O) groups is 2. The topological polar surface area (TPSA) is 48.3 Å². The lowest BCUT2D eigenvalue weighted by Crippen LogP contribution is -2.08. The van der Waals surface area contributed by atoms with Crippen LogP contribution in [0.4, 0.5) is 0 Å². The zero-order chi connectivity index (χ0) is 20.9. The Morgan fingerprint density at radius 2 is 1.37 bits per heavy atom. The first-order valence-electron chi connectivity index (χ1n) is 9.83. The van der Waals surface area contributed by atoms with E-state index in [-0.39, 0.29) is 6.61 Å². The molecule has 4 heteroatoms. The molecule has 0 bridgehead atoms. The van der Waals surface area contributed by atoms with Crippen molar-refractivity contribution in [3.05, 3.63) is 102 Å². The van der Waals surface area contributed by atoms with Crippen molar-refractivity contribution in [3.63, 3.8) is 0 Å². The highest BCUT2D eigenvalue weighted by atomic mass is 16.5. The summed E-state index contributed by atoms with van der Waals surface area (Å²) in [7, 11) is 0. The van der Waals surface area contributed by atoms with Gasteiger partial charge in [-0.05, 0) is 30.2 Å². The summed E-state index contributed by atoms with van der Waals surface area (Å²) in [4.78, 5) is 25.6. The number of benzene rings is 3. The summed E-state index contributed by atoms with van der Waals surface area (Å²) in [6, 6.07) is 28.7. The Balaban J connectivity index is 2.17. The maximum Gasteiger partial charge on any atom is 0.341 e. The highest BCUT2D eigenvalue weighted by Crippen LogP contribution is 2.40. The summed E-state index contributed by atoms with van der Waals surface area (Å²) in [6.07, 6.45) is 0.810. The monoisotopic (exact) mass is 395 g/mol. The van der Waals surface area contributed by atoms with Crippen LogP contribution in [-0.4, -0.2) is 23.4 Å². The van der Waals surface area contributed by atoms with Gasteiger partial charge < -0.3 is 9.30 Å². The summed E-state index contributed by atoms with van der Waals surface area (Å²) in [6.45, 7) is 2.02. The van der Waals surface area contributed by atoms with Gasteiger partial charge in [0.15, 0.2) is 6.29 Å². The quantitative estimate of drug-likeness (QED) is 0.306. The molecule has 0 radical (unpaired) electrons. The minimum absolute atomic E-state index is 0.244. The van der Waals surface area contributed by atoms with E-state index in [1.165, 1.54) is 0 Å². The Labute approximate surface area is 175 Å². The fourth-order valence-corrected chi connectivity index (χ4v) is 3.72. The average Bonchev–Trinajstić information content (AvgIpc) is 3.16.